The van der Waals surface area contributed by atoms with Gasteiger partial charge in [-0.1, -0.05) is 0 Å². The molecular formula is C18H28N6O2. The number of hydrogen-bond acceptors (Lipinski definition) is 7. The fraction of sp³-hybridized carbons (Fsp3) is 0.722. The molecule has 3 aliphatic rings. The predicted molar refractivity (Wildman–Crippen MR) is 99.5 cm³/mol. The van der Waals surface area contributed by atoms with Crippen LogP contribution in [0.3, 0.4) is 0 Å². The third-order valence-electron chi connectivity index (χ3n) is 5.44. The van der Waals surface area contributed by atoms with E-state index < -0.39 is 0 Å². The average molecular weight is 360 g/mol. The van der Waals surface area contributed by atoms with Gasteiger partial charge in [0.05, 0.1) is 19.8 Å². The lowest BCUT2D eigenvalue weighted by Gasteiger charge is -2.36. The summed E-state index contributed by atoms with van der Waals surface area (Å²) in [5.74, 6) is 2.08. The van der Waals surface area contributed by atoms with E-state index >= 15 is 0 Å². The lowest BCUT2D eigenvalue weighted by atomic mass is 10.3. The van der Waals surface area contributed by atoms with E-state index in [0.717, 1.165) is 64.1 Å². The molecule has 0 aliphatic carbocycles. The number of carbonyl (C=O) groups is 1. The van der Waals surface area contributed by atoms with Crippen molar-refractivity contribution >= 4 is 17.7 Å². The van der Waals surface area contributed by atoms with Crippen LogP contribution in [0.1, 0.15) is 12.8 Å². The molecule has 0 unspecified atom stereocenters. The highest BCUT2D eigenvalue weighted by Gasteiger charge is 2.24. The first-order valence-corrected chi connectivity index (χ1v) is 9.70. The van der Waals surface area contributed by atoms with Crippen LogP contribution >= 0.6 is 0 Å². The summed E-state index contributed by atoms with van der Waals surface area (Å²) in [5, 5.41) is 0. The number of morpholine rings is 1. The van der Waals surface area contributed by atoms with Crippen molar-refractivity contribution in [2.75, 3.05) is 81.9 Å². The Morgan fingerprint density at radius 3 is 2.42 bits per heavy atom. The highest BCUT2D eigenvalue weighted by Crippen LogP contribution is 2.20. The topological polar surface area (TPSA) is 65.0 Å². The maximum atomic E-state index is 12.4. The van der Waals surface area contributed by atoms with E-state index in [4.69, 9.17) is 9.72 Å². The maximum Gasteiger partial charge on any atom is 0.236 e. The molecule has 1 aromatic rings. The van der Waals surface area contributed by atoms with Gasteiger partial charge < -0.3 is 19.4 Å². The lowest BCUT2D eigenvalue weighted by molar-refractivity contribution is -0.136. The van der Waals surface area contributed by atoms with Crippen LogP contribution in [0.5, 0.6) is 0 Å². The van der Waals surface area contributed by atoms with Crippen LogP contribution in [-0.4, -0.2) is 97.8 Å². The second-order valence-electron chi connectivity index (χ2n) is 7.17. The molecule has 0 radical (unpaired) electrons. The van der Waals surface area contributed by atoms with Gasteiger partial charge in [0.2, 0.25) is 11.9 Å². The minimum absolute atomic E-state index is 0.222. The number of ether oxygens (including phenoxy) is 1. The van der Waals surface area contributed by atoms with Crippen molar-refractivity contribution in [1.82, 2.24) is 19.8 Å². The van der Waals surface area contributed by atoms with Crippen molar-refractivity contribution in [3.63, 3.8) is 0 Å². The van der Waals surface area contributed by atoms with Gasteiger partial charge in [-0.15, -0.1) is 0 Å². The standard InChI is InChI=1S/C18H28N6O2/c25-17(23-11-13-26-14-12-23)15-21-7-9-22(10-8-21)16-3-4-19-18(20-16)24-5-1-2-6-24/h3-4H,1-2,5-15H2. The van der Waals surface area contributed by atoms with Gasteiger partial charge >= 0.3 is 0 Å². The molecule has 3 fully saturated rings. The molecule has 1 amide bonds. The Balaban J connectivity index is 1.29. The maximum absolute atomic E-state index is 12.4. The van der Waals surface area contributed by atoms with Crippen LogP contribution in [-0.2, 0) is 9.53 Å². The molecule has 4 heterocycles. The zero-order valence-corrected chi connectivity index (χ0v) is 15.3. The molecule has 1 aromatic heterocycles. The van der Waals surface area contributed by atoms with Crippen molar-refractivity contribution in [3.05, 3.63) is 12.3 Å². The Kier molecular flexibility index (Phi) is 5.50. The molecule has 0 saturated carbocycles. The smallest absolute Gasteiger partial charge is 0.236 e. The van der Waals surface area contributed by atoms with E-state index in [2.05, 4.69) is 19.7 Å². The minimum Gasteiger partial charge on any atom is -0.378 e. The van der Waals surface area contributed by atoms with Crippen molar-refractivity contribution in [1.29, 1.82) is 0 Å². The van der Waals surface area contributed by atoms with E-state index in [1.807, 2.05) is 17.2 Å². The first kappa shape index (κ1) is 17.5. The quantitative estimate of drug-likeness (QED) is 0.752. The van der Waals surface area contributed by atoms with Gasteiger partial charge in [-0.05, 0) is 18.9 Å². The summed E-state index contributed by atoms with van der Waals surface area (Å²) in [6.07, 6.45) is 4.32. The summed E-state index contributed by atoms with van der Waals surface area (Å²) in [7, 11) is 0. The zero-order chi connectivity index (χ0) is 17.8. The summed E-state index contributed by atoms with van der Waals surface area (Å²) in [6.45, 7) is 8.95. The summed E-state index contributed by atoms with van der Waals surface area (Å²) in [6, 6.07) is 1.99. The fourth-order valence-corrected chi connectivity index (χ4v) is 3.82. The Hall–Kier alpha value is -1.93. The highest BCUT2D eigenvalue weighted by molar-refractivity contribution is 5.78. The fourth-order valence-electron chi connectivity index (χ4n) is 3.82. The van der Waals surface area contributed by atoms with Crippen LogP contribution in [0.4, 0.5) is 11.8 Å². The summed E-state index contributed by atoms with van der Waals surface area (Å²) >= 11 is 0. The zero-order valence-electron chi connectivity index (χ0n) is 15.3. The van der Waals surface area contributed by atoms with Gasteiger partial charge in [-0.2, -0.15) is 4.98 Å². The Morgan fingerprint density at radius 1 is 0.962 bits per heavy atom. The monoisotopic (exact) mass is 360 g/mol. The number of aromatic nitrogens is 2. The van der Waals surface area contributed by atoms with Crippen LogP contribution in [0.25, 0.3) is 0 Å². The molecule has 8 nitrogen and oxygen atoms in total. The van der Waals surface area contributed by atoms with Gasteiger partial charge in [-0.25, -0.2) is 4.98 Å². The number of hydrogen-bond donors (Lipinski definition) is 0. The van der Waals surface area contributed by atoms with E-state index in [9.17, 15) is 4.79 Å². The number of rotatable bonds is 4. The third kappa shape index (κ3) is 4.07. The number of piperazine rings is 1. The van der Waals surface area contributed by atoms with Gasteiger partial charge in [-0.3, -0.25) is 9.69 Å². The normalized spacial score (nSPS) is 22.1. The number of anilines is 2. The Labute approximate surface area is 154 Å². The van der Waals surface area contributed by atoms with E-state index in [0.29, 0.717) is 19.8 Å². The van der Waals surface area contributed by atoms with E-state index in [1.165, 1.54) is 12.8 Å². The van der Waals surface area contributed by atoms with E-state index in [1.54, 1.807) is 0 Å². The van der Waals surface area contributed by atoms with Gasteiger partial charge in [0.15, 0.2) is 0 Å². The molecule has 0 atom stereocenters. The molecule has 8 heteroatoms. The molecule has 0 spiro atoms. The first-order chi connectivity index (χ1) is 12.8. The van der Waals surface area contributed by atoms with Crippen molar-refractivity contribution in [2.45, 2.75) is 12.8 Å². The third-order valence-corrected chi connectivity index (χ3v) is 5.44. The molecule has 0 N–H and O–H groups in total. The molecular weight excluding hydrogens is 332 g/mol. The second kappa shape index (κ2) is 8.18. The SMILES string of the molecule is O=C(CN1CCN(c2ccnc(N3CCCC3)n2)CC1)N1CCOCC1. The number of nitrogens with zero attached hydrogens (tertiary/aromatic N) is 6. The summed E-state index contributed by atoms with van der Waals surface area (Å²) in [5.41, 5.74) is 0. The van der Waals surface area contributed by atoms with Gasteiger partial charge in [0.1, 0.15) is 5.82 Å². The minimum atomic E-state index is 0.222. The lowest BCUT2D eigenvalue weighted by Crippen LogP contribution is -2.51. The predicted octanol–water partition coefficient (Wildman–Crippen LogP) is 0.0576. The van der Waals surface area contributed by atoms with Gasteiger partial charge in [0.25, 0.3) is 0 Å². The molecule has 3 aliphatic heterocycles. The number of amides is 1. The van der Waals surface area contributed by atoms with E-state index in [-0.39, 0.29) is 5.91 Å². The molecule has 0 bridgehead atoms. The van der Waals surface area contributed by atoms with Crippen molar-refractivity contribution < 1.29 is 9.53 Å². The van der Waals surface area contributed by atoms with Crippen molar-refractivity contribution in [3.8, 4) is 0 Å². The van der Waals surface area contributed by atoms with Crippen molar-refractivity contribution in [2.24, 2.45) is 0 Å². The van der Waals surface area contributed by atoms with Gasteiger partial charge in [0, 0.05) is 58.6 Å². The van der Waals surface area contributed by atoms with Crippen LogP contribution in [0, 0.1) is 0 Å². The van der Waals surface area contributed by atoms with Crippen LogP contribution < -0.4 is 9.80 Å². The molecule has 142 valence electrons. The van der Waals surface area contributed by atoms with Crippen LogP contribution in [0.15, 0.2) is 12.3 Å². The molecule has 26 heavy (non-hydrogen) atoms. The summed E-state index contributed by atoms with van der Waals surface area (Å²) < 4.78 is 5.32. The van der Waals surface area contributed by atoms with Crippen LogP contribution in [0.2, 0.25) is 0 Å². The molecule has 3 saturated heterocycles. The summed E-state index contributed by atoms with van der Waals surface area (Å²) in [4.78, 5) is 30.3. The molecule has 4 rings (SSSR count). The Morgan fingerprint density at radius 2 is 1.69 bits per heavy atom. The Bertz CT molecular complexity index is 607. The second-order valence-corrected chi connectivity index (χ2v) is 7.17. The number of carbonyl (C=O) groups excluding carboxylic acids is 1. The highest BCUT2D eigenvalue weighted by atomic mass is 16.5. The molecule has 0 aromatic carbocycles. The first-order valence-electron chi connectivity index (χ1n) is 9.70. The largest absolute Gasteiger partial charge is 0.378 e. The average Bonchev–Trinajstić information content (AvgIpc) is 3.24.